The van der Waals surface area contributed by atoms with Crippen LogP contribution in [0.2, 0.25) is 0 Å². The Bertz CT molecular complexity index is 468. The van der Waals surface area contributed by atoms with Crippen LogP contribution < -0.4 is 4.74 Å². The van der Waals surface area contributed by atoms with E-state index in [1.165, 1.54) is 6.07 Å². The monoisotopic (exact) mass is 230 g/mol. The molecule has 0 amide bonds. The largest absolute Gasteiger partial charge is 0.508 e. The van der Waals surface area contributed by atoms with E-state index in [0.717, 1.165) is 5.56 Å². The maximum atomic E-state index is 9.86. The van der Waals surface area contributed by atoms with Crippen LogP contribution in [-0.4, -0.2) is 16.8 Å². The first-order valence-electron chi connectivity index (χ1n) is 5.40. The summed E-state index contributed by atoms with van der Waals surface area (Å²) in [6, 6.07) is 15.8. The first-order valence-corrected chi connectivity index (χ1v) is 5.40. The minimum atomic E-state index is -0.668. The molecule has 2 aromatic rings. The maximum absolute atomic E-state index is 9.86. The van der Waals surface area contributed by atoms with E-state index in [-0.39, 0.29) is 12.4 Å². The number of rotatable bonds is 4. The summed E-state index contributed by atoms with van der Waals surface area (Å²) in [6.45, 7) is 0.160. The number of aromatic hydroxyl groups is 1. The Morgan fingerprint density at radius 1 is 1.00 bits per heavy atom. The van der Waals surface area contributed by atoms with E-state index < -0.39 is 6.10 Å². The van der Waals surface area contributed by atoms with Crippen molar-refractivity contribution in [3.05, 3.63) is 60.2 Å². The van der Waals surface area contributed by atoms with E-state index in [1.807, 2.05) is 30.3 Å². The van der Waals surface area contributed by atoms with Crippen LogP contribution in [0, 0.1) is 0 Å². The number of hydrogen-bond acceptors (Lipinski definition) is 3. The van der Waals surface area contributed by atoms with Gasteiger partial charge in [0.05, 0.1) is 0 Å². The molecule has 0 fully saturated rings. The third-order valence-corrected chi connectivity index (χ3v) is 2.41. The van der Waals surface area contributed by atoms with Crippen LogP contribution >= 0.6 is 0 Å². The number of benzene rings is 2. The molecule has 3 heteroatoms. The van der Waals surface area contributed by atoms with E-state index in [4.69, 9.17) is 4.74 Å². The summed E-state index contributed by atoms with van der Waals surface area (Å²) in [5.41, 5.74) is 0.813. The van der Waals surface area contributed by atoms with Gasteiger partial charge >= 0.3 is 0 Å². The van der Waals surface area contributed by atoms with E-state index >= 15 is 0 Å². The molecule has 1 atom stereocenters. The van der Waals surface area contributed by atoms with Gasteiger partial charge in [0.15, 0.2) is 0 Å². The topological polar surface area (TPSA) is 49.7 Å². The summed E-state index contributed by atoms with van der Waals surface area (Å²) in [4.78, 5) is 0. The third-order valence-electron chi connectivity index (χ3n) is 2.41. The molecule has 2 rings (SSSR count). The molecule has 2 N–H and O–H groups in total. The second-order valence-corrected chi connectivity index (χ2v) is 3.73. The summed E-state index contributed by atoms with van der Waals surface area (Å²) < 4.78 is 5.39. The van der Waals surface area contributed by atoms with E-state index in [2.05, 4.69) is 0 Å². The van der Waals surface area contributed by atoms with Gasteiger partial charge in [0, 0.05) is 6.07 Å². The van der Waals surface area contributed by atoms with Gasteiger partial charge in [0.1, 0.15) is 24.2 Å². The summed E-state index contributed by atoms with van der Waals surface area (Å²) in [5.74, 6) is 0.691. The fraction of sp³-hybridized carbons (Fsp3) is 0.143. The zero-order valence-corrected chi connectivity index (χ0v) is 9.28. The fourth-order valence-electron chi connectivity index (χ4n) is 1.52. The molecule has 0 spiro atoms. The zero-order valence-electron chi connectivity index (χ0n) is 9.28. The van der Waals surface area contributed by atoms with Crippen molar-refractivity contribution in [2.24, 2.45) is 0 Å². The zero-order chi connectivity index (χ0) is 12.1. The van der Waals surface area contributed by atoms with Crippen LogP contribution in [0.5, 0.6) is 11.5 Å². The Labute approximate surface area is 99.9 Å². The quantitative estimate of drug-likeness (QED) is 0.848. The highest BCUT2D eigenvalue weighted by molar-refractivity contribution is 5.31. The van der Waals surface area contributed by atoms with Gasteiger partial charge in [-0.3, -0.25) is 0 Å². The van der Waals surface area contributed by atoms with Gasteiger partial charge in [-0.05, 0) is 17.7 Å². The number of phenolic OH excluding ortho intramolecular Hbond substituents is 1. The summed E-state index contributed by atoms with van der Waals surface area (Å²) in [5, 5.41) is 19.1. The fourth-order valence-corrected chi connectivity index (χ4v) is 1.52. The number of aliphatic hydroxyl groups excluding tert-OH is 1. The Hall–Kier alpha value is -2.00. The van der Waals surface area contributed by atoms with Gasteiger partial charge in [0.2, 0.25) is 0 Å². The highest BCUT2D eigenvalue weighted by Gasteiger charge is 2.07. The van der Waals surface area contributed by atoms with Gasteiger partial charge in [-0.2, -0.15) is 0 Å². The number of hydrogen-bond donors (Lipinski definition) is 2. The Morgan fingerprint density at radius 2 is 1.76 bits per heavy atom. The van der Waals surface area contributed by atoms with Crippen molar-refractivity contribution in [1.82, 2.24) is 0 Å². The molecular weight excluding hydrogens is 216 g/mol. The normalized spacial score (nSPS) is 12.1. The van der Waals surface area contributed by atoms with Crippen molar-refractivity contribution >= 4 is 0 Å². The second-order valence-electron chi connectivity index (χ2n) is 3.73. The van der Waals surface area contributed by atoms with Crippen LogP contribution in [-0.2, 0) is 0 Å². The van der Waals surface area contributed by atoms with E-state index in [1.54, 1.807) is 18.2 Å². The molecule has 0 saturated heterocycles. The van der Waals surface area contributed by atoms with Gasteiger partial charge in [0.25, 0.3) is 0 Å². The molecule has 0 heterocycles. The van der Waals surface area contributed by atoms with Crippen molar-refractivity contribution in [3.8, 4) is 11.5 Å². The number of aliphatic hydroxyl groups is 1. The molecule has 2 aromatic carbocycles. The van der Waals surface area contributed by atoms with Gasteiger partial charge in [-0.15, -0.1) is 0 Å². The molecule has 0 aromatic heterocycles. The highest BCUT2D eigenvalue weighted by Crippen LogP contribution is 2.20. The molecule has 0 aliphatic carbocycles. The molecule has 0 saturated carbocycles. The van der Waals surface area contributed by atoms with Crippen LogP contribution in [0.25, 0.3) is 0 Å². The molecule has 0 radical (unpaired) electrons. The van der Waals surface area contributed by atoms with Gasteiger partial charge in [-0.1, -0.05) is 36.4 Å². The first kappa shape index (κ1) is 11.5. The van der Waals surface area contributed by atoms with Crippen molar-refractivity contribution in [2.75, 3.05) is 6.61 Å². The van der Waals surface area contributed by atoms with Crippen molar-refractivity contribution in [2.45, 2.75) is 6.10 Å². The van der Waals surface area contributed by atoms with E-state index in [0.29, 0.717) is 5.75 Å². The molecule has 3 nitrogen and oxygen atoms in total. The van der Waals surface area contributed by atoms with Crippen LogP contribution in [0.1, 0.15) is 11.7 Å². The van der Waals surface area contributed by atoms with Gasteiger partial charge < -0.3 is 14.9 Å². The average molecular weight is 230 g/mol. The number of ether oxygens (including phenoxy) is 1. The van der Waals surface area contributed by atoms with Crippen LogP contribution in [0.3, 0.4) is 0 Å². The van der Waals surface area contributed by atoms with Crippen LogP contribution in [0.4, 0.5) is 0 Å². The summed E-state index contributed by atoms with van der Waals surface area (Å²) in [7, 11) is 0. The average Bonchev–Trinajstić information content (AvgIpc) is 2.37. The second kappa shape index (κ2) is 5.37. The predicted octanol–water partition coefficient (Wildman–Crippen LogP) is 2.50. The lowest BCUT2D eigenvalue weighted by atomic mass is 10.1. The highest BCUT2D eigenvalue weighted by atomic mass is 16.5. The standard InChI is InChI=1S/C14H14O3/c15-12-7-4-8-13(9-12)17-10-14(16)11-5-2-1-3-6-11/h1-9,14-16H,10H2. The lowest BCUT2D eigenvalue weighted by Crippen LogP contribution is -2.09. The third kappa shape index (κ3) is 3.23. The van der Waals surface area contributed by atoms with Gasteiger partial charge in [-0.25, -0.2) is 0 Å². The van der Waals surface area contributed by atoms with Crippen LogP contribution in [0.15, 0.2) is 54.6 Å². The molecule has 0 aliphatic rings. The minimum Gasteiger partial charge on any atom is -0.508 e. The van der Waals surface area contributed by atoms with E-state index in [9.17, 15) is 10.2 Å². The molecule has 1 unspecified atom stereocenters. The first-order chi connectivity index (χ1) is 8.25. The SMILES string of the molecule is Oc1cccc(OCC(O)c2ccccc2)c1. The van der Waals surface area contributed by atoms with Crippen molar-refractivity contribution in [1.29, 1.82) is 0 Å². The minimum absolute atomic E-state index is 0.150. The lowest BCUT2D eigenvalue weighted by Gasteiger charge is -2.12. The predicted molar refractivity (Wildman–Crippen MR) is 65.0 cm³/mol. The van der Waals surface area contributed by atoms with Crippen molar-refractivity contribution < 1.29 is 14.9 Å². The molecular formula is C14H14O3. The smallest absolute Gasteiger partial charge is 0.123 e. The molecule has 0 bridgehead atoms. The maximum Gasteiger partial charge on any atom is 0.123 e. The Morgan fingerprint density at radius 3 is 2.47 bits per heavy atom. The molecule has 88 valence electrons. The number of phenols is 1. The Kier molecular flexibility index (Phi) is 3.62. The molecule has 0 aliphatic heterocycles. The van der Waals surface area contributed by atoms with Crippen molar-refractivity contribution in [3.63, 3.8) is 0 Å². The summed E-state index contributed by atoms with van der Waals surface area (Å²) >= 11 is 0. The summed E-state index contributed by atoms with van der Waals surface area (Å²) in [6.07, 6.45) is -0.668. The Balaban J connectivity index is 1.95. The lowest BCUT2D eigenvalue weighted by molar-refractivity contribution is 0.108. The molecule has 17 heavy (non-hydrogen) atoms.